The Balaban J connectivity index is 2.32. The third kappa shape index (κ3) is 5.37. The normalized spacial score (nSPS) is 10.2. The number of aliphatic carboxylic acids is 1. The molecule has 2 N–H and O–H groups in total. The number of nitrogens with zero attached hydrogens (tertiary/aromatic N) is 1. The second kappa shape index (κ2) is 7.35. The first kappa shape index (κ1) is 14.9. The van der Waals surface area contributed by atoms with Gasteiger partial charge in [0.15, 0.2) is 0 Å². The molecule has 0 aliphatic rings. The van der Waals surface area contributed by atoms with Gasteiger partial charge >= 0.3 is 5.97 Å². The lowest BCUT2D eigenvalue weighted by Crippen LogP contribution is -2.27. The summed E-state index contributed by atoms with van der Waals surface area (Å²) in [7, 11) is 0. The van der Waals surface area contributed by atoms with Gasteiger partial charge in [0.1, 0.15) is 0 Å². The molecule has 6 heteroatoms. The maximum atomic E-state index is 11.6. The Hall–Kier alpha value is -2.11. The fourth-order valence-corrected chi connectivity index (χ4v) is 1.70. The molecule has 0 fully saturated rings. The van der Waals surface area contributed by atoms with Gasteiger partial charge in [-0.25, -0.2) is 0 Å². The van der Waals surface area contributed by atoms with Crippen molar-refractivity contribution in [3.63, 3.8) is 0 Å². The first-order chi connectivity index (χ1) is 9.00. The summed E-state index contributed by atoms with van der Waals surface area (Å²) < 4.78 is 1.62. The second-order valence-electron chi connectivity index (χ2n) is 4.25. The molecule has 1 rings (SSSR count). The van der Waals surface area contributed by atoms with Crippen LogP contribution in [0, 0.1) is 6.92 Å². The number of hydrogen-bond acceptors (Lipinski definition) is 3. The molecule has 0 saturated carbocycles. The molecular formula is C13H18N2O4. The van der Waals surface area contributed by atoms with Crippen LogP contribution in [0.15, 0.2) is 23.0 Å². The number of aromatic nitrogens is 1. The predicted octanol–water partition coefficient (Wildman–Crippen LogP) is 0.528. The minimum atomic E-state index is -0.938. The topological polar surface area (TPSA) is 88.4 Å². The summed E-state index contributed by atoms with van der Waals surface area (Å²) in [4.78, 5) is 33.2. The minimum Gasteiger partial charge on any atom is -0.481 e. The summed E-state index contributed by atoms with van der Waals surface area (Å²) in [6, 6.07) is 5.03. The highest BCUT2D eigenvalue weighted by Crippen LogP contribution is 1.98. The molecule has 1 amide bonds. The smallest absolute Gasteiger partial charge is 0.305 e. The lowest BCUT2D eigenvalue weighted by atomic mass is 10.2. The Morgan fingerprint density at radius 1 is 1.32 bits per heavy atom. The van der Waals surface area contributed by atoms with Crippen LogP contribution in [0.2, 0.25) is 0 Å². The first-order valence-electron chi connectivity index (χ1n) is 6.15. The lowest BCUT2D eigenvalue weighted by Gasteiger charge is -2.09. The minimum absolute atomic E-state index is 0.0775. The zero-order valence-corrected chi connectivity index (χ0v) is 10.9. The molecule has 0 spiro atoms. The van der Waals surface area contributed by atoms with Crippen LogP contribution in [0.5, 0.6) is 0 Å². The van der Waals surface area contributed by atoms with Crippen molar-refractivity contribution in [2.75, 3.05) is 6.54 Å². The lowest BCUT2D eigenvalue weighted by molar-refractivity contribution is -0.136. The molecule has 1 aromatic heterocycles. The van der Waals surface area contributed by atoms with Gasteiger partial charge < -0.3 is 15.0 Å². The van der Waals surface area contributed by atoms with E-state index in [1.165, 1.54) is 6.07 Å². The molecule has 0 atom stereocenters. The molecule has 19 heavy (non-hydrogen) atoms. The van der Waals surface area contributed by atoms with E-state index in [1.54, 1.807) is 10.6 Å². The fraction of sp³-hybridized carbons (Fsp3) is 0.462. The Bertz CT molecular complexity index is 508. The van der Waals surface area contributed by atoms with Gasteiger partial charge in [0.05, 0.1) is 6.42 Å². The number of carboxylic acids is 1. The average Bonchev–Trinajstić information content (AvgIpc) is 2.32. The van der Waals surface area contributed by atoms with E-state index in [-0.39, 0.29) is 30.9 Å². The predicted molar refractivity (Wildman–Crippen MR) is 69.9 cm³/mol. The van der Waals surface area contributed by atoms with E-state index in [0.717, 1.165) is 5.69 Å². The van der Waals surface area contributed by atoms with E-state index in [4.69, 9.17) is 5.11 Å². The number of rotatable bonds is 7. The molecular weight excluding hydrogens is 248 g/mol. The van der Waals surface area contributed by atoms with Gasteiger partial charge in [0, 0.05) is 31.3 Å². The number of pyridine rings is 1. The molecule has 0 radical (unpaired) electrons. The highest BCUT2D eigenvalue weighted by atomic mass is 16.4. The van der Waals surface area contributed by atoms with E-state index in [2.05, 4.69) is 5.32 Å². The van der Waals surface area contributed by atoms with Crippen molar-refractivity contribution in [1.82, 2.24) is 9.88 Å². The summed E-state index contributed by atoms with van der Waals surface area (Å²) >= 11 is 0. The van der Waals surface area contributed by atoms with Gasteiger partial charge in [-0.2, -0.15) is 0 Å². The van der Waals surface area contributed by atoms with Crippen LogP contribution in [0.25, 0.3) is 0 Å². The maximum absolute atomic E-state index is 11.6. The zero-order chi connectivity index (χ0) is 14.3. The monoisotopic (exact) mass is 266 g/mol. The highest BCUT2D eigenvalue weighted by Gasteiger charge is 2.04. The molecule has 0 bridgehead atoms. The second-order valence-corrected chi connectivity index (χ2v) is 4.25. The Labute approximate surface area is 111 Å². The molecule has 104 valence electrons. The summed E-state index contributed by atoms with van der Waals surface area (Å²) in [5.74, 6) is -1.13. The average molecular weight is 266 g/mol. The van der Waals surface area contributed by atoms with Crippen molar-refractivity contribution in [3.8, 4) is 0 Å². The summed E-state index contributed by atoms with van der Waals surface area (Å²) in [5.41, 5.74) is 0.782. The van der Waals surface area contributed by atoms with Crippen molar-refractivity contribution < 1.29 is 14.7 Å². The molecule has 0 aliphatic carbocycles. The number of carbonyl (C=O) groups excluding carboxylic acids is 1. The number of carboxylic acid groups (broad SMARTS) is 1. The number of aryl methyl sites for hydroxylation is 1. The van der Waals surface area contributed by atoms with E-state index in [0.29, 0.717) is 13.0 Å². The molecule has 0 unspecified atom stereocenters. The Kier molecular flexibility index (Phi) is 5.78. The van der Waals surface area contributed by atoms with Crippen LogP contribution in [-0.2, 0) is 16.1 Å². The van der Waals surface area contributed by atoms with Gasteiger partial charge in [-0.15, -0.1) is 0 Å². The largest absolute Gasteiger partial charge is 0.481 e. The molecule has 0 aliphatic heterocycles. The molecule has 0 saturated heterocycles. The standard InChI is InChI=1S/C13H18N2O4/c1-10-4-2-6-12(17)15(10)9-3-5-11(16)14-8-7-13(18)19/h2,4,6H,3,5,7-9H2,1H3,(H,14,16)(H,18,19). The Morgan fingerprint density at radius 3 is 2.68 bits per heavy atom. The quantitative estimate of drug-likeness (QED) is 0.753. The number of hydrogen-bond donors (Lipinski definition) is 2. The summed E-state index contributed by atoms with van der Waals surface area (Å²) in [6.45, 7) is 2.46. The number of carbonyl (C=O) groups is 2. The highest BCUT2D eigenvalue weighted by molar-refractivity contribution is 5.76. The van der Waals surface area contributed by atoms with E-state index < -0.39 is 5.97 Å². The van der Waals surface area contributed by atoms with Crippen molar-refractivity contribution in [1.29, 1.82) is 0 Å². The van der Waals surface area contributed by atoms with Gasteiger partial charge in [-0.1, -0.05) is 6.07 Å². The van der Waals surface area contributed by atoms with Crippen molar-refractivity contribution in [2.45, 2.75) is 32.7 Å². The number of nitrogens with one attached hydrogen (secondary N) is 1. The molecule has 1 heterocycles. The van der Waals surface area contributed by atoms with Gasteiger partial charge in [0.25, 0.3) is 5.56 Å². The molecule has 1 aromatic rings. The van der Waals surface area contributed by atoms with E-state index >= 15 is 0 Å². The van der Waals surface area contributed by atoms with Crippen LogP contribution in [-0.4, -0.2) is 28.1 Å². The van der Waals surface area contributed by atoms with Crippen LogP contribution in [0.4, 0.5) is 0 Å². The number of amides is 1. The van der Waals surface area contributed by atoms with Crippen LogP contribution in [0.3, 0.4) is 0 Å². The third-order valence-electron chi connectivity index (χ3n) is 2.71. The third-order valence-corrected chi connectivity index (χ3v) is 2.71. The fourth-order valence-electron chi connectivity index (χ4n) is 1.70. The van der Waals surface area contributed by atoms with Crippen molar-refractivity contribution in [2.24, 2.45) is 0 Å². The van der Waals surface area contributed by atoms with E-state index in [9.17, 15) is 14.4 Å². The van der Waals surface area contributed by atoms with Crippen molar-refractivity contribution >= 4 is 11.9 Å². The summed E-state index contributed by atoms with van der Waals surface area (Å²) in [6.07, 6.45) is 0.743. The van der Waals surface area contributed by atoms with Crippen LogP contribution < -0.4 is 10.9 Å². The first-order valence-corrected chi connectivity index (χ1v) is 6.15. The van der Waals surface area contributed by atoms with Crippen LogP contribution >= 0.6 is 0 Å². The van der Waals surface area contributed by atoms with Gasteiger partial charge in [0.2, 0.25) is 5.91 Å². The Morgan fingerprint density at radius 2 is 2.05 bits per heavy atom. The van der Waals surface area contributed by atoms with Crippen molar-refractivity contribution in [3.05, 3.63) is 34.2 Å². The zero-order valence-electron chi connectivity index (χ0n) is 10.9. The van der Waals surface area contributed by atoms with E-state index in [1.807, 2.05) is 13.0 Å². The molecule has 0 aromatic carbocycles. The van der Waals surface area contributed by atoms with Crippen LogP contribution in [0.1, 0.15) is 25.0 Å². The maximum Gasteiger partial charge on any atom is 0.305 e. The van der Waals surface area contributed by atoms with Gasteiger partial charge in [-0.05, 0) is 19.4 Å². The van der Waals surface area contributed by atoms with Gasteiger partial charge in [-0.3, -0.25) is 14.4 Å². The summed E-state index contributed by atoms with van der Waals surface area (Å²) in [5, 5.41) is 10.9. The SMILES string of the molecule is Cc1cccc(=O)n1CCCC(=O)NCCC(=O)O. The molecule has 6 nitrogen and oxygen atoms in total.